The molecule has 2 rings (SSSR count). The molecule has 6 nitrogen and oxygen atoms in total. The maximum atomic E-state index is 10.8. The third-order valence-corrected chi connectivity index (χ3v) is 5.41. The average molecular weight is 432 g/mol. The van der Waals surface area contributed by atoms with Gasteiger partial charge in [-0.25, -0.2) is 0 Å². The van der Waals surface area contributed by atoms with Crippen LogP contribution < -0.4 is 0 Å². The molecule has 30 heavy (non-hydrogen) atoms. The number of phenols is 1. The summed E-state index contributed by atoms with van der Waals surface area (Å²) >= 11 is 6.16. The van der Waals surface area contributed by atoms with Gasteiger partial charge in [-0.2, -0.15) is 0 Å². The van der Waals surface area contributed by atoms with Crippen LogP contribution in [0.15, 0.2) is 60.7 Å². The molecule has 3 atom stereocenters. The molecule has 0 spiro atoms. The fourth-order valence-electron chi connectivity index (χ4n) is 3.24. The monoisotopic (exact) mass is 431 g/mol. The fraction of sp³-hybridized carbons (Fsp3) is 0.304. The number of nitro benzene ring substituents is 1. The van der Waals surface area contributed by atoms with Gasteiger partial charge in [-0.3, -0.25) is 10.1 Å². The Kier molecular flexibility index (Phi) is 8.59. The fourth-order valence-corrected chi connectivity index (χ4v) is 3.47. The maximum absolute atomic E-state index is 10.8. The van der Waals surface area contributed by atoms with Gasteiger partial charge < -0.3 is 15.3 Å². The van der Waals surface area contributed by atoms with Gasteiger partial charge in [0, 0.05) is 18.1 Å². The zero-order valence-electron chi connectivity index (χ0n) is 16.7. The number of phenolic OH excluding ortho intramolecular Hbond substituents is 1. The SMILES string of the molecule is C=C[C@H]([C@H](O)CC/C(=C/c1ccc(O)cc1Cl)CC)[C@H](O)c1ccc([N+](=O)[O-])cc1. The number of hydrogen-bond donors (Lipinski definition) is 3. The number of allylic oxidation sites excluding steroid dienone is 1. The van der Waals surface area contributed by atoms with E-state index < -0.39 is 23.0 Å². The van der Waals surface area contributed by atoms with E-state index >= 15 is 0 Å². The van der Waals surface area contributed by atoms with Crippen LogP contribution >= 0.6 is 11.6 Å². The van der Waals surface area contributed by atoms with E-state index in [1.54, 1.807) is 12.1 Å². The van der Waals surface area contributed by atoms with Crippen LogP contribution in [0.1, 0.15) is 43.4 Å². The standard InChI is InChI=1S/C23H26ClNO5/c1-3-15(13-17-8-11-19(26)14-21(17)24)5-12-22(27)20(4-2)23(28)16-6-9-18(10-7-16)25(29)30/h4,6-11,13-14,20,22-23,26-28H,2-3,5,12H2,1H3/b15-13+/t20-,22-,23-/m1/s1. The second-order valence-electron chi connectivity index (χ2n) is 7.07. The molecule has 0 heterocycles. The first kappa shape index (κ1) is 23.6. The van der Waals surface area contributed by atoms with Crippen molar-refractivity contribution in [1.82, 2.24) is 0 Å². The largest absolute Gasteiger partial charge is 0.508 e. The van der Waals surface area contributed by atoms with Crippen LogP contribution in [-0.2, 0) is 0 Å². The summed E-state index contributed by atoms with van der Waals surface area (Å²) in [5.74, 6) is -0.526. The molecule has 0 aromatic heterocycles. The van der Waals surface area contributed by atoms with Crippen molar-refractivity contribution >= 4 is 23.4 Å². The van der Waals surface area contributed by atoms with Crippen LogP contribution in [0.5, 0.6) is 5.75 Å². The third kappa shape index (κ3) is 6.16. The van der Waals surface area contributed by atoms with Gasteiger partial charge in [0.15, 0.2) is 0 Å². The van der Waals surface area contributed by atoms with E-state index in [0.717, 1.165) is 17.6 Å². The Hall–Kier alpha value is -2.67. The number of nitrogens with zero attached hydrogens (tertiary/aromatic N) is 1. The highest BCUT2D eigenvalue weighted by molar-refractivity contribution is 6.32. The number of halogens is 1. The minimum atomic E-state index is -1.03. The number of benzene rings is 2. The molecule has 0 unspecified atom stereocenters. The van der Waals surface area contributed by atoms with Gasteiger partial charge in [0.1, 0.15) is 5.75 Å². The third-order valence-electron chi connectivity index (χ3n) is 5.09. The lowest BCUT2D eigenvalue weighted by atomic mass is 9.87. The summed E-state index contributed by atoms with van der Waals surface area (Å²) in [6, 6.07) is 10.4. The van der Waals surface area contributed by atoms with Gasteiger partial charge in [-0.1, -0.05) is 36.2 Å². The molecule has 0 saturated heterocycles. The molecule has 0 amide bonds. The zero-order valence-corrected chi connectivity index (χ0v) is 17.5. The van der Waals surface area contributed by atoms with E-state index in [1.807, 2.05) is 13.0 Å². The van der Waals surface area contributed by atoms with E-state index in [0.29, 0.717) is 23.4 Å². The summed E-state index contributed by atoms with van der Waals surface area (Å²) in [5, 5.41) is 42.0. The molecule has 0 aliphatic heterocycles. The molecular formula is C23H26ClNO5. The van der Waals surface area contributed by atoms with Crippen molar-refractivity contribution in [2.24, 2.45) is 5.92 Å². The summed E-state index contributed by atoms with van der Waals surface area (Å²) in [7, 11) is 0. The molecule has 0 aliphatic carbocycles. The molecule has 0 bridgehead atoms. The molecule has 3 N–H and O–H groups in total. The lowest BCUT2D eigenvalue weighted by Crippen LogP contribution is -2.25. The minimum absolute atomic E-state index is 0.0627. The van der Waals surface area contributed by atoms with E-state index in [-0.39, 0.29) is 11.4 Å². The number of nitro groups is 1. The smallest absolute Gasteiger partial charge is 0.269 e. The molecule has 0 saturated carbocycles. The van der Waals surface area contributed by atoms with Crippen molar-refractivity contribution in [1.29, 1.82) is 0 Å². The molecule has 160 valence electrons. The van der Waals surface area contributed by atoms with Gasteiger partial charge in [-0.15, -0.1) is 6.58 Å². The van der Waals surface area contributed by atoms with Crippen molar-refractivity contribution in [3.05, 3.63) is 87.0 Å². The van der Waals surface area contributed by atoms with Crippen molar-refractivity contribution in [3.8, 4) is 5.75 Å². The van der Waals surface area contributed by atoms with Crippen LogP contribution in [-0.4, -0.2) is 26.3 Å². The highest BCUT2D eigenvalue weighted by atomic mass is 35.5. The normalized spacial score (nSPS) is 14.7. The maximum Gasteiger partial charge on any atom is 0.269 e. The molecule has 7 heteroatoms. The van der Waals surface area contributed by atoms with Crippen LogP contribution in [0.25, 0.3) is 6.08 Å². The average Bonchev–Trinajstić information content (AvgIpc) is 2.73. The van der Waals surface area contributed by atoms with E-state index in [4.69, 9.17) is 11.6 Å². The topological polar surface area (TPSA) is 104 Å². The summed E-state index contributed by atoms with van der Waals surface area (Å²) in [4.78, 5) is 10.3. The first-order chi connectivity index (χ1) is 14.3. The van der Waals surface area contributed by atoms with Crippen LogP contribution in [0, 0.1) is 16.0 Å². The lowest BCUT2D eigenvalue weighted by molar-refractivity contribution is -0.384. The summed E-state index contributed by atoms with van der Waals surface area (Å²) in [6.45, 7) is 5.73. The molecule has 2 aromatic rings. The van der Waals surface area contributed by atoms with Gasteiger partial charge in [-0.05, 0) is 60.7 Å². The van der Waals surface area contributed by atoms with E-state index in [1.165, 1.54) is 36.4 Å². The molecule has 2 aromatic carbocycles. The first-order valence-corrected chi connectivity index (χ1v) is 10.1. The number of hydrogen-bond acceptors (Lipinski definition) is 5. The summed E-state index contributed by atoms with van der Waals surface area (Å²) < 4.78 is 0. The zero-order chi connectivity index (χ0) is 22.3. The van der Waals surface area contributed by atoms with Crippen LogP contribution in [0.2, 0.25) is 5.02 Å². The quantitative estimate of drug-likeness (QED) is 0.264. The second-order valence-corrected chi connectivity index (χ2v) is 7.48. The first-order valence-electron chi connectivity index (χ1n) is 9.67. The summed E-state index contributed by atoms with van der Waals surface area (Å²) in [5.41, 5.74) is 2.26. The Bertz CT molecular complexity index is 910. The van der Waals surface area contributed by atoms with Crippen molar-refractivity contribution in [3.63, 3.8) is 0 Å². The highest BCUT2D eigenvalue weighted by Crippen LogP contribution is 2.31. The Morgan fingerprint density at radius 2 is 1.90 bits per heavy atom. The Morgan fingerprint density at radius 3 is 2.43 bits per heavy atom. The highest BCUT2D eigenvalue weighted by Gasteiger charge is 2.26. The molecule has 0 radical (unpaired) electrons. The number of aliphatic hydroxyl groups is 2. The van der Waals surface area contributed by atoms with Gasteiger partial charge in [0.05, 0.1) is 22.2 Å². The number of non-ortho nitro benzene ring substituents is 1. The van der Waals surface area contributed by atoms with Crippen molar-refractivity contribution in [2.75, 3.05) is 0 Å². The predicted molar refractivity (Wildman–Crippen MR) is 118 cm³/mol. The Morgan fingerprint density at radius 1 is 1.23 bits per heavy atom. The van der Waals surface area contributed by atoms with Crippen molar-refractivity contribution < 1.29 is 20.2 Å². The number of aromatic hydroxyl groups is 1. The second kappa shape index (κ2) is 10.9. The van der Waals surface area contributed by atoms with Crippen molar-refractivity contribution in [2.45, 2.75) is 38.4 Å². The van der Waals surface area contributed by atoms with E-state index in [9.17, 15) is 25.4 Å². The lowest BCUT2D eigenvalue weighted by Gasteiger charge is -2.25. The Balaban J connectivity index is 2.07. The number of rotatable bonds is 10. The Labute approximate surface area is 180 Å². The molecule has 0 fully saturated rings. The van der Waals surface area contributed by atoms with Crippen LogP contribution in [0.4, 0.5) is 5.69 Å². The van der Waals surface area contributed by atoms with Gasteiger partial charge in [0.25, 0.3) is 5.69 Å². The molecule has 0 aliphatic rings. The van der Waals surface area contributed by atoms with Gasteiger partial charge >= 0.3 is 0 Å². The minimum Gasteiger partial charge on any atom is -0.508 e. The van der Waals surface area contributed by atoms with Crippen LogP contribution in [0.3, 0.4) is 0 Å². The summed E-state index contributed by atoms with van der Waals surface area (Å²) in [6.07, 6.45) is 3.31. The number of aliphatic hydroxyl groups excluding tert-OH is 2. The van der Waals surface area contributed by atoms with Gasteiger partial charge in [0.2, 0.25) is 0 Å². The predicted octanol–water partition coefficient (Wildman–Crippen LogP) is 5.42. The van der Waals surface area contributed by atoms with E-state index in [2.05, 4.69) is 6.58 Å². The molecular weight excluding hydrogens is 406 g/mol.